The van der Waals surface area contributed by atoms with Crippen LogP contribution in [0.25, 0.3) is 10.9 Å². The quantitative estimate of drug-likeness (QED) is 0.358. The molecule has 5 rings (SSSR count). The number of carbonyl (C=O) groups excluding carboxylic acids is 2. The molecule has 0 radical (unpaired) electrons. The van der Waals surface area contributed by atoms with E-state index in [1.54, 1.807) is 32.9 Å². The van der Waals surface area contributed by atoms with Gasteiger partial charge >= 0.3 is 6.18 Å². The fourth-order valence-electron chi connectivity index (χ4n) is 6.48. The molecule has 3 heterocycles. The summed E-state index contributed by atoms with van der Waals surface area (Å²) in [6.07, 6.45) is -3.84. The molecule has 1 saturated carbocycles. The van der Waals surface area contributed by atoms with Gasteiger partial charge in [0.25, 0.3) is 5.56 Å². The van der Waals surface area contributed by atoms with Crippen molar-refractivity contribution in [1.29, 1.82) is 5.26 Å². The monoisotopic (exact) mass is 623 g/mol. The molecule has 3 aromatic rings. The Morgan fingerprint density at radius 2 is 1.91 bits per heavy atom. The number of aryl methyl sites for hydroxylation is 1. The number of carbonyl (C=O) groups is 2. The maximum atomic E-state index is 14.1. The molecule has 1 saturated heterocycles. The average Bonchev–Trinajstić information content (AvgIpc) is 3.26. The summed E-state index contributed by atoms with van der Waals surface area (Å²) in [4.78, 5) is 51.9. The predicted octanol–water partition coefficient (Wildman–Crippen LogP) is 4.21. The van der Waals surface area contributed by atoms with Crippen LogP contribution < -0.4 is 16.2 Å². The Morgan fingerprint density at radius 3 is 2.56 bits per heavy atom. The number of aromatic amines is 1. The van der Waals surface area contributed by atoms with Gasteiger partial charge in [-0.3, -0.25) is 14.4 Å². The smallest absolute Gasteiger partial charge is 0.358 e. The zero-order chi connectivity index (χ0) is 33.1. The molecule has 1 aromatic carbocycles. The molecule has 0 spiro atoms. The van der Waals surface area contributed by atoms with Crippen molar-refractivity contribution < 1.29 is 22.8 Å². The zero-order valence-electron chi connectivity index (χ0n) is 25.9. The van der Waals surface area contributed by atoms with Crippen LogP contribution in [-0.4, -0.2) is 56.3 Å². The van der Waals surface area contributed by atoms with Crippen molar-refractivity contribution in [2.24, 2.45) is 22.7 Å². The Kier molecular flexibility index (Phi) is 7.92. The topological polar surface area (TPSA) is 144 Å². The van der Waals surface area contributed by atoms with Crippen molar-refractivity contribution in [3.05, 3.63) is 63.8 Å². The van der Waals surface area contributed by atoms with E-state index in [-0.39, 0.29) is 41.6 Å². The van der Waals surface area contributed by atoms with E-state index in [1.165, 1.54) is 11.0 Å². The highest BCUT2D eigenvalue weighted by Gasteiger charge is 2.69. The van der Waals surface area contributed by atoms with E-state index in [0.29, 0.717) is 11.1 Å². The summed E-state index contributed by atoms with van der Waals surface area (Å²) in [6.45, 7) is 11.5. The molecule has 2 aromatic heterocycles. The number of rotatable bonds is 7. The number of halogens is 3. The molecular formula is C32H36F3N7O3. The Bertz CT molecular complexity index is 1760. The second kappa shape index (κ2) is 11.2. The van der Waals surface area contributed by atoms with Gasteiger partial charge in [0.15, 0.2) is 0 Å². The van der Waals surface area contributed by atoms with Crippen molar-refractivity contribution in [1.82, 2.24) is 25.2 Å². The Labute approximate surface area is 258 Å². The Morgan fingerprint density at radius 1 is 1.20 bits per heavy atom. The lowest BCUT2D eigenvalue weighted by molar-refractivity contribution is -0.144. The summed E-state index contributed by atoms with van der Waals surface area (Å²) >= 11 is 0. The number of benzene rings is 1. The highest BCUT2D eigenvalue weighted by molar-refractivity contribution is 5.93. The maximum Gasteiger partial charge on any atom is 0.451 e. The predicted molar refractivity (Wildman–Crippen MR) is 161 cm³/mol. The van der Waals surface area contributed by atoms with Gasteiger partial charge in [-0.1, -0.05) is 46.2 Å². The van der Waals surface area contributed by atoms with Crippen LogP contribution in [-0.2, 0) is 22.2 Å². The third kappa shape index (κ3) is 6.23. The minimum Gasteiger partial charge on any atom is -0.358 e. The SMILES string of the molecule is Cc1ccc2[nH]c(=O)c(CC(C#N)NC(=O)[C@@H]3[C@H]4[C@H](CN3C(=O)[C@@H](Nc3ccnc(C(F)(F)F)n3)C(C)(C)C)C4(C)C)cc2c1. The third-order valence-corrected chi connectivity index (χ3v) is 9.05. The zero-order valence-corrected chi connectivity index (χ0v) is 25.9. The van der Waals surface area contributed by atoms with Crippen molar-refractivity contribution in [3.8, 4) is 6.07 Å². The minimum atomic E-state index is -4.77. The van der Waals surface area contributed by atoms with Crippen LogP contribution in [0.1, 0.15) is 51.6 Å². The van der Waals surface area contributed by atoms with E-state index in [1.807, 2.05) is 32.9 Å². The van der Waals surface area contributed by atoms with Crippen molar-refractivity contribution in [2.45, 2.75) is 72.3 Å². The maximum absolute atomic E-state index is 14.1. The number of fused-ring (bicyclic) bond motifs is 2. The summed E-state index contributed by atoms with van der Waals surface area (Å²) in [5.41, 5.74) is 0.625. The molecule has 1 aliphatic carbocycles. The average molecular weight is 624 g/mol. The largest absolute Gasteiger partial charge is 0.451 e. The fraction of sp³-hybridized carbons (Fsp3) is 0.500. The Hall–Kier alpha value is -4.47. The van der Waals surface area contributed by atoms with Gasteiger partial charge in [0.1, 0.15) is 23.9 Å². The van der Waals surface area contributed by atoms with Crippen LogP contribution in [0, 0.1) is 40.9 Å². The van der Waals surface area contributed by atoms with Crippen molar-refractivity contribution in [2.75, 3.05) is 11.9 Å². The van der Waals surface area contributed by atoms with Gasteiger partial charge in [-0.15, -0.1) is 0 Å². The van der Waals surface area contributed by atoms with Gasteiger partial charge < -0.3 is 20.5 Å². The number of piperidine rings is 1. The van der Waals surface area contributed by atoms with Crippen LogP contribution in [0.4, 0.5) is 19.0 Å². The first-order chi connectivity index (χ1) is 20.9. The van der Waals surface area contributed by atoms with Crippen molar-refractivity contribution >= 4 is 28.5 Å². The fourth-order valence-corrected chi connectivity index (χ4v) is 6.48. The van der Waals surface area contributed by atoms with Gasteiger partial charge in [0.2, 0.25) is 17.6 Å². The highest BCUT2D eigenvalue weighted by Crippen LogP contribution is 2.65. The van der Waals surface area contributed by atoms with Crippen LogP contribution >= 0.6 is 0 Å². The molecule has 2 aliphatic rings. The molecular weight excluding hydrogens is 587 g/mol. The van der Waals surface area contributed by atoms with E-state index in [2.05, 4.69) is 31.7 Å². The molecule has 1 unspecified atom stereocenters. The molecule has 1 aliphatic heterocycles. The lowest BCUT2D eigenvalue weighted by Crippen LogP contribution is -2.57. The molecule has 3 N–H and O–H groups in total. The number of aromatic nitrogens is 3. The molecule has 10 nitrogen and oxygen atoms in total. The van der Waals surface area contributed by atoms with Gasteiger partial charge in [-0.05, 0) is 59.2 Å². The number of pyridine rings is 1. The lowest BCUT2D eigenvalue weighted by Gasteiger charge is -2.38. The first-order valence-electron chi connectivity index (χ1n) is 14.7. The number of nitriles is 1. The van der Waals surface area contributed by atoms with Gasteiger partial charge in [-0.2, -0.15) is 18.4 Å². The van der Waals surface area contributed by atoms with E-state index in [0.717, 1.165) is 17.1 Å². The van der Waals surface area contributed by atoms with E-state index < -0.39 is 47.4 Å². The molecule has 13 heteroatoms. The summed E-state index contributed by atoms with van der Waals surface area (Å²) in [7, 11) is 0. The number of likely N-dealkylation sites (tertiary alicyclic amines) is 1. The highest BCUT2D eigenvalue weighted by atomic mass is 19.4. The summed E-state index contributed by atoms with van der Waals surface area (Å²) in [5.74, 6) is -2.64. The molecule has 5 atom stereocenters. The second-order valence-electron chi connectivity index (χ2n) is 13.7. The van der Waals surface area contributed by atoms with Crippen molar-refractivity contribution in [3.63, 3.8) is 0 Å². The minimum absolute atomic E-state index is 0.0285. The van der Waals surface area contributed by atoms with E-state index >= 15 is 0 Å². The number of amides is 2. The first kappa shape index (κ1) is 31.9. The molecule has 238 valence electrons. The molecule has 2 amide bonds. The summed E-state index contributed by atoms with van der Waals surface area (Å²) < 4.78 is 39.8. The van der Waals surface area contributed by atoms with E-state index in [9.17, 15) is 32.8 Å². The summed E-state index contributed by atoms with van der Waals surface area (Å²) in [6, 6.07) is 7.65. The number of anilines is 1. The van der Waals surface area contributed by atoms with E-state index in [4.69, 9.17) is 0 Å². The standard InChI is InChI=1S/C32H36F3N7O3/c1-16-7-8-21-17(11-16)12-18(26(43)39-21)13-19(14-36)38-27(44)24-23-20(31(23,5)6)15-42(24)28(45)25(30(2,3)4)40-22-9-10-37-29(41-22)32(33,34)35/h7-12,19-20,23-25H,13,15H2,1-6H3,(H,38,44)(H,39,43)(H,37,40,41)/t19?,20-,23+,24-,25+/m0/s1. The van der Waals surface area contributed by atoms with Gasteiger partial charge in [0, 0.05) is 30.2 Å². The Balaban J connectivity index is 1.38. The van der Waals surface area contributed by atoms with Gasteiger partial charge in [-0.25, -0.2) is 9.97 Å². The molecule has 2 fully saturated rings. The number of nitrogens with zero attached hydrogens (tertiary/aromatic N) is 4. The summed E-state index contributed by atoms with van der Waals surface area (Å²) in [5, 5.41) is 16.4. The second-order valence-corrected chi connectivity index (χ2v) is 13.7. The normalized spacial score (nSPS) is 21.9. The van der Waals surface area contributed by atoms with Crippen LogP contribution in [0.3, 0.4) is 0 Å². The first-order valence-corrected chi connectivity index (χ1v) is 14.7. The van der Waals surface area contributed by atoms with Crippen LogP contribution in [0.5, 0.6) is 0 Å². The third-order valence-electron chi connectivity index (χ3n) is 9.05. The molecule has 0 bridgehead atoms. The number of H-pyrrole nitrogens is 1. The van der Waals surface area contributed by atoms with Gasteiger partial charge in [0.05, 0.1) is 6.07 Å². The number of hydrogen-bond donors (Lipinski definition) is 3. The number of nitrogens with one attached hydrogen (secondary N) is 3. The van der Waals surface area contributed by atoms with Crippen LogP contribution in [0.15, 0.2) is 41.3 Å². The van der Waals surface area contributed by atoms with Crippen LogP contribution in [0.2, 0.25) is 0 Å². The molecule has 45 heavy (non-hydrogen) atoms. The lowest BCUT2D eigenvalue weighted by atomic mass is 9.85. The number of alkyl halides is 3. The number of hydrogen-bond acceptors (Lipinski definition) is 7.